The molecule has 0 bridgehead atoms. The maximum Gasteiger partial charge on any atom is 0.321 e. The van der Waals surface area contributed by atoms with E-state index in [1.807, 2.05) is 32.0 Å². The molecule has 0 spiro atoms. The monoisotopic (exact) mass is 292 g/mol. The molecule has 2 amide bonds. The van der Waals surface area contributed by atoms with Crippen LogP contribution in [0.3, 0.4) is 0 Å². The SMILES string of the molecule is Cc1ccc(NC(=O)N(C)C2COCC2C(=O)O)c(C)c1. The molecule has 0 saturated carbocycles. The molecular weight excluding hydrogens is 272 g/mol. The highest BCUT2D eigenvalue weighted by atomic mass is 16.5. The van der Waals surface area contributed by atoms with Crippen LogP contribution in [0.15, 0.2) is 18.2 Å². The fourth-order valence-corrected chi connectivity index (χ4v) is 2.47. The highest BCUT2D eigenvalue weighted by Gasteiger charge is 2.38. The van der Waals surface area contributed by atoms with E-state index in [1.54, 1.807) is 7.05 Å². The summed E-state index contributed by atoms with van der Waals surface area (Å²) >= 11 is 0. The van der Waals surface area contributed by atoms with Gasteiger partial charge in [0.05, 0.1) is 19.3 Å². The van der Waals surface area contributed by atoms with Gasteiger partial charge in [0.2, 0.25) is 0 Å². The van der Waals surface area contributed by atoms with Crippen molar-refractivity contribution in [2.75, 3.05) is 25.6 Å². The zero-order chi connectivity index (χ0) is 15.6. The quantitative estimate of drug-likeness (QED) is 0.891. The lowest BCUT2D eigenvalue weighted by molar-refractivity contribution is -0.142. The van der Waals surface area contributed by atoms with Gasteiger partial charge in [-0.15, -0.1) is 0 Å². The number of carbonyl (C=O) groups is 2. The number of carbonyl (C=O) groups excluding carboxylic acids is 1. The van der Waals surface area contributed by atoms with Crippen molar-refractivity contribution in [3.63, 3.8) is 0 Å². The number of carboxylic acids is 1. The molecule has 2 atom stereocenters. The topological polar surface area (TPSA) is 78.9 Å². The zero-order valence-electron chi connectivity index (χ0n) is 12.4. The van der Waals surface area contributed by atoms with Crippen LogP contribution >= 0.6 is 0 Å². The molecule has 1 aliphatic heterocycles. The standard InChI is InChI=1S/C15H20N2O4/c1-9-4-5-12(10(2)6-9)16-15(20)17(3)13-8-21-7-11(13)14(18)19/h4-6,11,13H,7-8H2,1-3H3,(H,16,20)(H,18,19). The molecule has 2 rings (SSSR count). The molecule has 1 aromatic carbocycles. The van der Waals surface area contributed by atoms with Gasteiger partial charge in [0.25, 0.3) is 0 Å². The number of anilines is 1. The van der Waals surface area contributed by atoms with Gasteiger partial charge in [-0.3, -0.25) is 4.79 Å². The van der Waals surface area contributed by atoms with Crippen LogP contribution in [0, 0.1) is 19.8 Å². The summed E-state index contributed by atoms with van der Waals surface area (Å²) in [6, 6.07) is 4.96. The molecule has 0 radical (unpaired) electrons. The number of rotatable bonds is 3. The number of urea groups is 1. The molecule has 2 unspecified atom stereocenters. The first kappa shape index (κ1) is 15.3. The number of aryl methyl sites for hydroxylation is 2. The average molecular weight is 292 g/mol. The third-order valence-electron chi connectivity index (χ3n) is 3.81. The second-order valence-electron chi connectivity index (χ2n) is 5.41. The third kappa shape index (κ3) is 3.33. The summed E-state index contributed by atoms with van der Waals surface area (Å²) in [5.74, 6) is -1.62. The van der Waals surface area contributed by atoms with Gasteiger partial charge in [0.1, 0.15) is 5.92 Å². The summed E-state index contributed by atoms with van der Waals surface area (Å²) in [6.45, 7) is 4.29. The number of nitrogens with one attached hydrogen (secondary N) is 1. The summed E-state index contributed by atoms with van der Waals surface area (Å²) < 4.78 is 5.19. The lowest BCUT2D eigenvalue weighted by atomic mass is 10.0. The van der Waals surface area contributed by atoms with E-state index in [1.165, 1.54) is 4.90 Å². The minimum Gasteiger partial charge on any atom is -0.481 e. The van der Waals surface area contributed by atoms with Crippen LogP contribution in [0.1, 0.15) is 11.1 Å². The van der Waals surface area contributed by atoms with E-state index in [2.05, 4.69) is 5.32 Å². The number of hydrogen-bond acceptors (Lipinski definition) is 3. The first-order valence-corrected chi connectivity index (χ1v) is 6.81. The summed E-state index contributed by atoms with van der Waals surface area (Å²) in [4.78, 5) is 24.8. The molecule has 1 fully saturated rings. The van der Waals surface area contributed by atoms with Gasteiger partial charge < -0.3 is 20.1 Å². The first-order valence-electron chi connectivity index (χ1n) is 6.81. The Morgan fingerprint density at radius 2 is 2.05 bits per heavy atom. The third-order valence-corrected chi connectivity index (χ3v) is 3.81. The molecule has 2 N–H and O–H groups in total. The van der Waals surface area contributed by atoms with E-state index in [0.717, 1.165) is 16.8 Å². The van der Waals surface area contributed by atoms with Crippen molar-refractivity contribution >= 4 is 17.7 Å². The van der Waals surface area contributed by atoms with Gasteiger partial charge >= 0.3 is 12.0 Å². The predicted octanol–water partition coefficient (Wildman–Crippen LogP) is 1.87. The molecule has 114 valence electrons. The average Bonchev–Trinajstić information content (AvgIpc) is 2.90. The van der Waals surface area contributed by atoms with E-state index < -0.39 is 17.9 Å². The molecule has 6 nitrogen and oxygen atoms in total. The van der Waals surface area contributed by atoms with Crippen molar-refractivity contribution in [2.24, 2.45) is 5.92 Å². The van der Waals surface area contributed by atoms with E-state index in [-0.39, 0.29) is 19.2 Å². The Bertz CT molecular complexity index is 559. The zero-order valence-corrected chi connectivity index (χ0v) is 12.4. The number of likely N-dealkylation sites (N-methyl/N-ethyl adjacent to an activating group) is 1. The van der Waals surface area contributed by atoms with Gasteiger partial charge in [0, 0.05) is 12.7 Å². The maximum atomic E-state index is 12.3. The van der Waals surface area contributed by atoms with Crippen molar-refractivity contribution in [1.29, 1.82) is 0 Å². The van der Waals surface area contributed by atoms with E-state index in [4.69, 9.17) is 9.84 Å². The van der Waals surface area contributed by atoms with Gasteiger partial charge in [-0.1, -0.05) is 17.7 Å². The van der Waals surface area contributed by atoms with Crippen molar-refractivity contribution in [3.05, 3.63) is 29.3 Å². The number of carboxylic acid groups (broad SMARTS) is 1. The highest BCUT2D eigenvalue weighted by Crippen LogP contribution is 2.21. The molecule has 21 heavy (non-hydrogen) atoms. The number of benzene rings is 1. The van der Waals surface area contributed by atoms with Crippen LogP contribution in [0.4, 0.5) is 10.5 Å². The molecule has 1 aliphatic rings. The summed E-state index contributed by atoms with van der Waals surface area (Å²) in [5, 5.41) is 12.0. The molecule has 1 saturated heterocycles. The van der Waals surface area contributed by atoms with E-state index in [9.17, 15) is 9.59 Å². The van der Waals surface area contributed by atoms with Crippen LogP contribution in [0.25, 0.3) is 0 Å². The number of aliphatic carboxylic acids is 1. The predicted molar refractivity (Wildman–Crippen MR) is 78.4 cm³/mol. The highest BCUT2D eigenvalue weighted by molar-refractivity contribution is 5.90. The fraction of sp³-hybridized carbons (Fsp3) is 0.467. The van der Waals surface area contributed by atoms with Crippen LogP contribution in [0.2, 0.25) is 0 Å². The van der Waals surface area contributed by atoms with Crippen molar-refractivity contribution < 1.29 is 19.4 Å². The minimum absolute atomic E-state index is 0.140. The Labute approximate surface area is 123 Å². The van der Waals surface area contributed by atoms with Gasteiger partial charge in [-0.2, -0.15) is 0 Å². The number of hydrogen-bond donors (Lipinski definition) is 2. The first-order chi connectivity index (χ1) is 9.90. The lowest BCUT2D eigenvalue weighted by Crippen LogP contribution is -2.46. The largest absolute Gasteiger partial charge is 0.481 e. The number of ether oxygens (including phenoxy) is 1. The number of amides is 2. The normalized spacial score (nSPS) is 21.1. The van der Waals surface area contributed by atoms with Crippen LogP contribution in [-0.2, 0) is 9.53 Å². The van der Waals surface area contributed by atoms with E-state index >= 15 is 0 Å². The Morgan fingerprint density at radius 3 is 2.67 bits per heavy atom. The molecule has 0 aliphatic carbocycles. The van der Waals surface area contributed by atoms with Gasteiger partial charge in [-0.05, 0) is 25.5 Å². The van der Waals surface area contributed by atoms with Crippen molar-refractivity contribution in [2.45, 2.75) is 19.9 Å². The van der Waals surface area contributed by atoms with Crippen molar-refractivity contribution in [3.8, 4) is 0 Å². The second kappa shape index (κ2) is 6.13. The molecular formula is C15H20N2O4. The Morgan fingerprint density at radius 1 is 1.33 bits per heavy atom. The van der Waals surface area contributed by atoms with Crippen LogP contribution in [-0.4, -0.2) is 48.3 Å². The molecule has 0 aromatic heterocycles. The second-order valence-corrected chi connectivity index (χ2v) is 5.41. The summed E-state index contributed by atoms with van der Waals surface area (Å²) in [7, 11) is 1.59. The van der Waals surface area contributed by atoms with Gasteiger partial charge in [0.15, 0.2) is 0 Å². The Kier molecular flexibility index (Phi) is 4.47. The Balaban J connectivity index is 2.07. The summed E-state index contributed by atoms with van der Waals surface area (Å²) in [6.07, 6.45) is 0. The summed E-state index contributed by atoms with van der Waals surface area (Å²) in [5.41, 5.74) is 2.81. The maximum absolute atomic E-state index is 12.3. The lowest BCUT2D eigenvalue weighted by Gasteiger charge is -2.26. The van der Waals surface area contributed by atoms with Crippen LogP contribution < -0.4 is 5.32 Å². The molecule has 6 heteroatoms. The fourth-order valence-electron chi connectivity index (χ4n) is 2.47. The van der Waals surface area contributed by atoms with E-state index in [0.29, 0.717) is 0 Å². The minimum atomic E-state index is -0.941. The Hall–Kier alpha value is -2.08. The number of nitrogens with zero attached hydrogens (tertiary/aromatic N) is 1. The molecule has 1 heterocycles. The van der Waals surface area contributed by atoms with Crippen molar-refractivity contribution in [1.82, 2.24) is 4.90 Å². The van der Waals surface area contributed by atoms with Crippen LogP contribution in [0.5, 0.6) is 0 Å². The molecule has 1 aromatic rings. The smallest absolute Gasteiger partial charge is 0.321 e. The van der Waals surface area contributed by atoms with Gasteiger partial charge in [-0.25, -0.2) is 4.79 Å².